The summed E-state index contributed by atoms with van der Waals surface area (Å²) in [7, 11) is 1.72. The third-order valence-corrected chi connectivity index (χ3v) is 2.85. The number of methoxy groups -OCH3 is 1. The van der Waals surface area contributed by atoms with Gasteiger partial charge >= 0.3 is 0 Å². The molecule has 1 aromatic rings. The van der Waals surface area contributed by atoms with Gasteiger partial charge in [-0.1, -0.05) is 19.9 Å². The average Bonchev–Trinajstić information content (AvgIpc) is 2.16. The average molecular weight is 210 g/mol. The van der Waals surface area contributed by atoms with Gasteiger partial charge in [-0.3, -0.25) is 0 Å². The lowest BCUT2D eigenvalue weighted by molar-refractivity contribution is 0.404. The van der Waals surface area contributed by atoms with Crippen molar-refractivity contribution in [2.75, 3.05) is 13.4 Å². The standard InChI is InChI=1S/C12H18OS/c1-9(2)7-10-5-6-11(13-3)12(8-10)14-4/h5-6,8-9H,7H2,1-4H3. The van der Waals surface area contributed by atoms with E-state index in [0.717, 1.165) is 12.2 Å². The highest BCUT2D eigenvalue weighted by molar-refractivity contribution is 7.98. The van der Waals surface area contributed by atoms with E-state index in [-0.39, 0.29) is 0 Å². The van der Waals surface area contributed by atoms with Crippen molar-refractivity contribution in [1.82, 2.24) is 0 Å². The van der Waals surface area contributed by atoms with Crippen LogP contribution in [-0.4, -0.2) is 13.4 Å². The Bertz CT molecular complexity index is 294. The van der Waals surface area contributed by atoms with Crippen LogP contribution in [-0.2, 0) is 6.42 Å². The quantitative estimate of drug-likeness (QED) is 0.702. The van der Waals surface area contributed by atoms with Crippen LogP contribution in [0.15, 0.2) is 23.1 Å². The van der Waals surface area contributed by atoms with Gasteiger partial charge in [0.25, 0.3) is 0 Å². The zero-order valence-corrected chi connectivity index (χ0v) is 10.1. The number of ether oxygens (including phenoxy) is 1. The van der Waals surface area contributed by atoms with E-state index in [2.05, 4.69) is 38.3 Å². The number of rotatable bonds is 4. The van der Waals surface area contributed by atoms with Crippen molar-refractivity contribution in [3.63, 3.8) is 0 Å². The molecule has 0 aliphatic heterocycles. The first-order valence-electron chi connectivity index (χ1n) is 4.88. The van der Waals surface area contributed by atoms with Crippen molar-refractivity contribution in [3.8, 4) is 5.75 Å². The Morgan fingerprint density at radius 2 is 2.07 bits per heavy atom. The SMILES string of the molecule is COc1ccc(CC(C)C)cc1SC. The van der Waals surface area contributed by atoms with E-state index in [1.54, 1.807) is 18.9 Å². The topological polar surface area (TPSA) is 9.23 Å². The molecule has 0 aliphatic rings. The van der Waals surface area contributed by atoms with E-state index < -0.39 is 0 Å². The Kier molecular flexibility index (Phi) is 4.33. The second kappa shape index (κ2) is 5.30. The molecule has 0 heterocycles. The van der Waals surface area contributed by atoms with Gasteiger partial charge < -0.3 is 4.74 Å². The number of hydrogen-bond donors (Lipinski definition) is 0. The molecular formula is C12H18OS. The van der Waals surface area contributed by atoms with Gasteiger partial charge in [0.1, 0.15) is 5.75 Å². The largest absolute Gasteiger partial charge is 0.496 e. The minimum absolute atomic E-state index is 0.707. The molecule has 1 rings (SSSR count). The predicted octanol–water partition coefficient (Wildman–Crippen LogP) is 3.62. The van der Waals surface area contributed by atoms with Crippen LogP contribution >= 0.6 is 11.8 Å². The number of hydrogen-bond acceptors (Lipinski definition) is 2. The van der Waals surface area contributed by atoms with E-state index in [1.807, 2.05) is 0 Å². The second-order valence-electron chi connectivity index (χ2n) is 3.79. The second-order valence-corrected chi connectivity index (χ2v) is 4.64. The highest BCUT2D eigenvalue weighted by Gasteiger charge is 2.04. The predicted molar refractivity (Wildman–Crippen MR) is 63.3 cm³/mol. The first-order chi connectivity index (χ1) is 6.67. The maximum absolute atomic E-state index is 5.28. The van der Waals surface area contributed by atoms with Crippen LogP contribution in [0, 0.1) is 5.92 Å². The third-order valence-electron chi connectivity index (χ3n) is 2.09. The number of thioether (sulfide) groups is 1. The Balaban J connectivity index is 2.89. The zero-order valence-electron chi connectivity index (χ0n) is 9.33. The molecule has 78 valence electrons. The van der Waals surface area contributed by atoms with Crippen LogP contribution < -0.4 is 4.74 Å². The highest BCUT2D eigenvalue weighted by atomic mass is 32.2. The Morgan fingerprint density at radius 1 is 1.36 bits per heavy atom. The molecule has 0 N–H and O–H groups in total. The van der Waals surface area contributed by atoms with Crippen LogP contribution in [0.2, 0.25) is 0 Å². The molecule has 0 radical (unpaired) electrons. The van der Waals surface area contributed by atoms with Crippen molar-refractivity contribution in [2.45, 2.75) is 25.2 Å². The molecule has 0 aliphatic carbocycles. The van der Waals surface area contributed by atoms with Gasteiger partial charge in [-0.2, -0.15) is 0 Å². The van der Waals surface area contributed by atoms with Crippen molar-refractivity contribution in [2.24, 2.45) is 5.92 Å². The van der Waals surface area contributed by atoms with Crippen LogP contribution in [0.3, 0.4) is 0 Å². The van der Waals surface area contributed by atoms with Gasteiger partial charge in [0, 0.05) is 4.90 Å². The molecule has 0 spiro atoms. The maximum Gasteiger partial charge on any atom is 0.132 e. The molecular weight excluding hydrogens is 192 g/mol. The molecule has 14 heavy (non-hydrogen) atoms. The summed E-state index contributed by atoms with van der Waals surface area (Å²) in [5, 5.41) is 0. The lowest BCUT2D eigenvalue weighted by atomic mass is 10.0. The molecule has 0 amide bonds. The fourth-order valence-electron chi connectivity index (χ4n) is 1.48. The molecule has 2 heteroatoms. The molecule has 0 saturated heterocycles. The van der Waals surface area contributed by atoms with Gasteiger partial charge in [0.15, 0.2) is 0 Å². The Labute approximate surface area is 90.9 Å². The highest BCUT2D eigenvalue weighted by Crippen LogP contribution is 2.28. The fraction of sp³-hybridized carbons (Fsp3) is 0.500. The molecule has 0 atom stereocenters. The van der Waals surface area contributed by atoms with Crippen molar-refractivity contribution in [1.29, 1.82) is 0 Å². The maximum atomic E-state index is 5.28. The molecule has 0 fully saturated rings. The summed E-state index contributed by atoms with van der Waals surface area (Å²) < 4.78 is 5.28. The van der Waals surface area contributed by atoms with Crippen LogP contribution in [0.4, 0.5) is 0 Å². The normalized spacial score (nSPS) is 10.6. The van der Waals surface area contributed by atoms with Gasteiger partial charge in [-0.15, -0.1) is 11.8 Å². The lowest BCUT2D eigenvalue weighted by Crippen LogP contribution is -1.95. The summed E-state index contributed by atoms with van der Waals surface area (Å²) in [5.41, 5.74) is 1.39. The van der Waals surface area contributed by atoms with Crippen LogP contribution in [0.25, 0.3) is 0 Å². The van der Waals surface area contributed by atoms with Crippen molar-refractivity contribution >= 4 is 11.8 Å². The fourth-order valence-corrected chi connectivity index (χ4v) is 2.10. The zero-order chi connectivity index (χ0) is 10.6. The van der Waals surface area contributed by atoms with Crippen molar-refractivity contribution < 1.29 is 4.74 Å². The minimum atomic E-state index is 0.707. The van der Waals surface area contributed by atoms with Gasteiger partial charge in [-0.05, 0) is 36.3 Å². The molecule has 0 unspecified atom stereocenters. The van der Waals surface area contributed by atoms with Crippen LogP contribution in [0.5, 0.6) is 5.75 Å². The lowest BCUT2D eigenvalue weighted by Gasteiger charge is -2.10. The summed E-state index contributed by atoms with van der Waals surface area (Å²) >= 11 is 1.74. The summed E-state index contributed by atoms with van der Waals surface area (Å²) in [6.45, 7) is 4.48. The van der Waals surface area contributed by atoms with E-state index in [9.17, 15) is 0 Å². The van der Waals surface area contributed by atoms with Gasteiger partial charge in [0.05, 0.1) is 7.11 Å². The Morgan fingerprint density at radius 3 is 2.57 bits per heavy atom. The van der Waals surface area contributed by atoms with Gasteiger partial charge in [0.2, 0.25) is 0 Å². The van der Waals surface area contributed by atoms with Crippen LogP contribution in [0.1, 0.15) is 19.4 Å². The third kappa shape index (κ3) is 2.95. The summed E-state index contributed by atoms with van der Waals surface area (Å²) in [5.74, 6) is 1.68. The Hall–Kier alpha value is -0.630. The molecule has 0 saturated carbocycles. The first-order valence-corrected chi connectivity index (χ1v) is 6.10. The summed E-state index contributed by atoms with van der Waals surface area (Å²) in [6, 6.07) is 6.44. The monoisotopic (exact) mass is 210 g/mol. The molecule has 0 aromatic heterocycles. The summed E-state index contributed by atoms with van der Waals surface area (Å²) in [6.07, 6.45) is 3.22. The minimum Gasteiger partial charge on any atom is -0.496 e. The van der Waals surface area contributed by atoms with Crippen molar-refractivity contribution in [3.05, 3.63) is 23.8 Å². The smallest absolute Gasteiger partial charge is 0.132 e. The molecule has 0 bridgehead atoms. The number of benzene rings is 1. The van der Waals surface area contributed by atoms with E-state index in [1.165, 1.54) is 10.5 Å². The molecule has 1 aromatic carbocycles. The first kappa shape index (κ1) is 11.4. The van der Waals surface area contributed by atoms with E-state index >= 15 is 0 Å². The van der Waals surface area contributed by atoms with Gasteiger partial charge in [-0.25, -0.2) is 0 Å². The summed E-state index contributed by atoms with van der Waals surface area (Å²) in [4.78, 5) is 1.23. The van der Waals surface area contributed by atoms with E-state index in [4.69, 9.17) is 4.74 Å². The molecule has 1 nitrogen and oxygen atoms in total. The van der Waals surface area contributed by atoms with E-state index in [0.29, 0.717) is 5.92 Å².